The summed E-state index contributed by atoms with van der Waals surface area (Å²) in [5.74, 6) is 1.07. The molecule has 4 aliphatic rings. The molecule has 3 saturated heterocycles. The average Bonchev–Trinajstić information content (AvgIpc) is 3.92. The van der Waals surface area contributed by atoms with E-state index in [0.29, 0.717) is 29.9 Å². The molecule has 4 aliphatic heterocycles. The lowest BCUT2D eigenvalue weighted by Gasteiger charge is -2.41. The number of aryl methyl sites for hydroxylation is 1. The minimum absolute atomic E-state index is 0.116. The number of hydrogen-bond acceptors (Lipinski definition) is 19. The van der Waals surface area contributed by atoms with E-state index in [-0.39, 0.29) is 35.1 Å². The van der Waals surface area contributed by atoms with Gasteiger partial charge in [-0.25, -0.2) is 15.0 Å². The molecule has 0 saturated carbocycles. The van der Waals surface area contributed by atoms with E-state index in [1.807, 2.05) is 10.8 Å². The molecule has 3 fully saturated rings. The molecule has 8 heterocycles. The third-order valence-electron chi connectivity index (χ3n) is 13.4. The lowest BCUT2D eigenvalue weighted by Crippen LogP contribution is -2.50. The number of fused-ring (bicyclic) bond motifs is 4. The van der Waals surface area contributed by atoms with Crippen LogP contribution in [0.25, 0.3) is 22.2 Å². The van der Waals surface area contributed by atoms with E-state index >= 15 is 0 Å². The van der Waals surface area contributed by atoms with Crippen LogP contribution >= 0.6 is 13.4 Å². The highest BCUT2D eigenvalue weighted by molar-refractivity contribution is 8.07. The highest BCUT2D eigenvalue weighted by atomic mass is 32.5. The Morgan fingerprint density at radius 1 is 0.862 bits per heavy atom. The van der Waals surface area contributed by atoms with Crippen LogP contribution in [0.2, 0.25) is 36.3 Å². The molecular weight excluding hydrogens is 953 g/mol. The maximum absolute atomic E-state index is 12.2. The number of rotatable bonds is 9. The maximum atomic E-state index is 12.2. The fourth-order valence-electron chi connectivity index (χ4n) is 7.93. The summed E-state index contributed by atoms with van der Waals surface area (Å²) < 4.78 is 57.2. The molecule has 0 spiro atoms. The highest BCUT2D eigenvalue weighted by Crippen LogP contribution is 2.56. The monoisotopic (exact) mass is 1020 g/mol. The van der Waals surface area contributed by atoms with Crippen molar-refractivity contribution in [1.82, 2.24) is 34.1 Å². The van der Waals surface area contributed by atoms with Gasteiger partial charge in [-0.3, -0.25) is 13.6 Å². The number of anilines is 3. The first-order chi connectivity index (χ1) is 30.3. The lowest BCUT2D eigenvalue weighted by atomic mass is 10.1. The third kappa shape index (κ3) is 9.87. The predicted octanol–water partition coefficient (Wildman–Crippen LogP) is 5.41. The molecule has 360 valence electrons. The summed E-state index contributed by atoms with van der Waals surface area (Å²) in [6.45, 7) is 13.5. The van der Waals surface area contributed by atoms with Gasteiger partial charge in [-0.1, -0.05) is 41.5 Å². The van der Waals surface area contributed by atoms with Crippen molar-refractivity contribution in [3.8, 4) is 0 Å². The summed E-state index contributed by atoms with van der Waals surface area (Å²) in [4.78, 5) is 47.2. The van der Waals surface area contributed by atoms with Crippen LogP contribution in [-0.4, -0.2) is 130 Å². The molecule has 0 amide bonds. The first-order valence-corrected chi connectivity index (χ1v) is 32.8. The Hall–Kier alpha value is -2.14. The summed E-state index contributed by atoms with van der Waals surface area (Å²) in [5, 5.41) is 6.84. The zero-order valence-corrected chi connectivity index (χ0v) is 43.9. The fourth-order valence-corrected chi connectivity index (χ4v) is 13.4. The summed E-state index contributed by atoms with van der Waals surface area (Å²) >= 11 is 11.7. The average molecular weight is 1020 g/mol. The SMILES string of the molecule is CC(C)(C)[Si](C)(C)O[C@@H]1[C@@H]2OP(O)(=S)OC[C@H]3O[C@@H](n4cnc5c(N)nc(NCCN)nc54)[C@H](OP(O)(=S)OC[C@H]2O[C@H]1n1cc2c4c(ncnc41)NCCC2)[C@@H]3O[Si](C)(C)C(C)(C)C. The van der Waals surface area contributed by atoms with Gasteiger partial charge in [0.05, 0.1) is 24.9 Å². The molecule has 10 atom stereocenters. The van der Waals surface area contributed by atoms with Crippen molar-refractivity contribution in [2.24, 2.45) is 5.73 Å². The molecule has 21 nitrogen and oxygen atoms in total. The van der Waals surface area contributed by atoms with Gasteiger partial charge in [0.1, 0.15) is 59.9 Å². The van der Waals surface area contributed by atoms with E-state index < -0.39 is 79.2 Å². The Morgan fingerprint density at radius 3 is 2.15 bits per heavy atom. The van der Waals surface area contributed by atoms with Crippen LogP contribution in [0.4, 0.5) is 17.6 Å². The van der Waals surface area contributed by atoms with Crippen molar-refractivity contribution in [2.45, 2.75) is 140 Å². The number of nitrogens with zero attached hydrogens (tertiary/aromatic N) is 7. The molecule has 0 aromatic carbocycles. The molecular formula is C38H63N11O10P2S2Si2. The van der Waals surface area contributed by atoms with Crippen molar-refractivity contribution in [3.63, 3.8) is 0 Å². The van der Waals surface area contributed by atoms with Gasteiger partial charge in [0, 0.05) is 25.8 Å². The number of nitrogen functional groups attached to an aromatic ring is 1. The molecule has 0 aliphatic carbocycles. The van der Waals surface area contributed by atoms with Gasteiger partial charge in [0.15, 0.2) is 40.6 Å². The molecule has 27 heteroatoms. The predicted molar refractivity (Wildman–Crippen MR) is 258 cm³/mol. The highest BCUT2D eigenvalue weighted by Gasteiger charge is 2.57. The first-order valence-electron chi connectivity index (χ1n) is 21.8. The standard InChI is InChI=1S/C38H63N11O10P2S2Si2/c1-37(2,3)64(7,8)58-27-23-18-53-60(50,62)56-26-22(17-52-61(51,63)57-28(27)34(55-23)49-20-45-25-30(40)46-36(42-15-13-39)47-33(25)49)54-35(29(26)59-65(9,10)38(4,5)6)48-16-21-12-11-14-41-31-24(21)32(48)44-19-43-31/h16,19-20,22-23,26-29,34-35H,11-15,17-18,39H2,1-10H3,(H,50,62)(H,51,63)(H,41,43,44)(H3,40,42,46,47)/t22-,23-,26-,27-,28-,29-,34-,35-,60?,61?/m1/s1. The molecule has 65 heavy (non-hydrogen) atoms. The molecule has 4 aromatic heterocycles. The van der Waals surface area contributed by atoms with E-state index in [2.05, 4.69) is 93.3 Å². The van der Waals surface area contributed by atoms with Crippen LogP contribution in [0.5, 0.6) is 0 Å². The summed E-state index contributed by atoms with van der Waals surface area (Å²) in [5.41, 5.74) is 14.4. The van der Waals surface area contributed by atoms with Crippen molar-refractivity contribution in [3.05, 3.63) is 24.4 Å². The zero-order valence-electron chi connectivity index (χ0n) is 38.5. The molecule has 0 radical (unpaired) electrons. The Bertz CT molecular complexity index is 2510. The topological polar surface area (TPSA) is 265 Å². The van der Waals surface area contributed by atoms with E-state index in [1.165, 1.54) is 12.7 Å². The third-order valence-corrected chi connectivity index (χ3v) is 25.5. The van der Waals surface area contributed by atoms with Crippen LogP contribution in [-0.2, 0) is 66.5 Å². The second-order valence-corrected chi connectivity index (χ2v) is 35.1. The Morgan fingerprint density at radius 2 is 1.49 bits per heavy atom. The Balaban J connectivity index is 1.21. The van der Waals surface area contributed by atoms with Crippen LogP contribution in [0.1, 0.15) is 66.0 Å². The maximum Gasteiger partial charge on any atom is 0.325 e. The van der Waals surface area contributed by atoms with E-state index in [1.54, 1.807) is 4.57 Å². The fraction of sp³-hybridized carbons (Fsp3) is 0.711. The van der Waals surface area contributed by atoms with Crippen molar-refractivity contribution in [1.29, 1.82) is 0 Å². The van der Waals surface area contributed by atoms with Gasteiger partial charge < -0.3 is 63.8 Å². The number of ether oxygens (including phenoxy) is 2. The minimum Gasteiger partial charge on any atom is -0.408 e. The van der Waals surface area contributed by atoms with Gasteiger partial charge in [-0.2, -0.15) is 9.97 Å². The minimum atomic E-state index is -4.23. The van der Waals surface area contributed by atoms with E-state index in [0.717, 1.165) is 36.2 Å². The van der Waals surface area contributed by atoms with Gasteiger partial charge >= 0.3 is 13.4 Å². The summed E-state index contributed by atoms with van der Waals surface area (Å²) in [6, 6.07) is 0. The second-order valence-electron chi connectivity index (χ2n) is 20.0. The van der Waals surface area contributed by atoms with Crippen molar-refractivity contribution < 1.29 is 46.2 Å². The lowest BCUT2D eigenvalue weighted by molar-refractivity contribution is -0.0604. The number of aromatic nitrogens is 7. The van der Waals surface area contributed by atoms with E-state index in [9.17, 15) is 9.79 Å². The van der Waals surface area contributed by atoms with Gasteiger partial charge in [0.2, 0.25) is 5.95 Å². The number of imidazole rings is 1. The van der Waals surface area contributed by atoms with Gasteiger partial charge in [0.25, 0.3) is 0 Å². The molecule has 8 rings (SSSR count). The van der Waals surface area contributed by atoms with Gasteiger partial charge in [-0.15, -0.1) is 0 Å². The number of nitrogens with two attached hydrogens (primary N) is 2. The smallest absolute Gasteiger partial charge is 0.325 e. The Labute approximate surface area is 391 Å². The molecule has 8 N–H and O–H groups in total. The quantitative estimate of drug-likeness (QED) is 0.0904. The Kier molecular flexibility index (Phi) is 13.6. The molecule has 4 aromatic rings. The van der Waals surface area contributed by atoms with Crippen molar-refractivity contribution in [2.75, 3.05) is 49.2 Å². The van der Waals surface area contributed by atoms with Crippen molar-refractivity contribution >= 4 is 93.5 Å². The summed E-state index contributed by atoms with van der Waals surface area (Å²) in [6.07, 6.45) is -1.28. The summed E-state index contributed by atoms with van der Waals surface area (Å²) in [7, 11) is -5.29. The largest absolute Gasteiger partial charge is 0.408 e. The van der Waals surface area contributed by atoms with E-state index in [4.69, 9.17) is 81.5 Å². The zero-order chi connectivity index (χ0) is 47.1. The first kappa shape index (κ1) is 49.3. The van der Waals surface area contributed by atoms with Gasteiger partial charge in [-0.05, 0) is 78.3 Å². The number of nitrogens with one attached hydrogen (secondary N) is 2. The van der Waals surface area contributed by atoms with Crippen LogP contribution < -0.4 is 22.1 Å². The number of hydrogen-bond donors (Lipinski definition) is 6. The second kappa shape index (κ2) is 18.0. The van der Waals surface area contributed by atoms with Crippen LogP contribution in [0.15, 0.2) is 18.9 Å². The van der Waals surface area contributed by atoms with Crippen LogP contribution in [0, 0.1) is 0 Å². The van der Waals surface area contributed by atoms with Crippen LogP contribution in [0.3, 0.4) is 0 Å². The normalized spacial score (nSPS) is 31.8. The molecule has 2 unspecified atom stereocenters. The molecule has 2 bridgehead atoms.